The molecule has 0 aliphatic carbocycles. The second kappa shape index (κ2) is 9.97. The molecule has 2 aromatic carbocycles. The molecule has 0 unspecified atom stereocenters. The van der Waals surface area contributed by atoms with Crippen LogP contribution in [0.5, 0.6) is 11.5 Å². The first kappa shape index (κ1) is 22.1. The number of nitrogens with zero attached hydrogens (tertiary/aromatic N) is 1. The van der Waals surface area contributed by atoms with Gasteiger partial charge in [0.25, 0.3) is 5.91 Å². The maximum Gasteiger partial charge on any atom is 0.311 e. The van der Waals surface area contributed by atoms with Gasteiger partial charge in [0.15, 0.2) is 6.61 Å². The summed E-state index contributed by atoms with van der Waals surface area (Å²) in [5.41, 5.74) is 2.34. The van der Waals surface area contributed by atoms with Crippen LogP contribution in [0.25, 0.3) is 0 Å². The molecule has 1 aliphatic heterocycles. The molecule has 1 fully saturated rings. The van der Waals surface area contributed by atoms with Gasteiger partial charge in [-0.05, 0) is 36.2 Å². The van der Waals surface area contributed by atoms with E-state index in [1.807, 2.05) is 19.1 Å². The SMILES string of the molecule is CCc1ccc(NC(=O)COC(=O)[C@H]2CC(=O)N(c3ccc(OC)cc3OC)C2)cc1. The van der Waals surface area contributed by atoms with Crippen LogP contribution in [-0.2, 0) is 25.5 Å². The number of ether oxygens (including phenoxy) is 3. The van der Waals surface area contributed by atoms with Crippen molar-refractivity contribution < 1.29 is 28.6 Å². The summed E-state index contributed by atoms with van der Waals surface area (Å²) >= 11 is 0. The lowest BCUT2D eigenvalue weighted by atomic mass is 10.1. The van der Waals surface area contributed by atoms with Gasteiger partial charge in [0.1, 0.15) is 11.5 Å². The normalized spacial score (nSPS) is 15.5. The van der Waals surface area contributed by atoms with Crippen molar-refractivity contribution in [1.82, 2.24) is 0 Å². The molecule has 2 aromatic rings. The minimum absolute atomic E-state index is 0.00805. The number of hydrogen-bond donors (Lipinski definition) is 1. The van der Waals surface area contributed by atoms with E-state index in [0.29, 0.717) is 22.9 Å². The van der Waals surface area contributed by atoms with Crippen molar-refractivity contribution in [2.45, 2.75) is 19.8 Å². The summed E-state index contributed by atoms with van der Waals surface area (Å²) in [4.78, 5) is 38.5. The molecule has 0 spiro atoms. The quantitative estimate of drug-likeness (QED) is 0.653. The molecule has 3 rings (SSSR count). The van der Waals surface area contributed by atoms with Gasteiger partial charge in [0.2, 0.25) is 5.91 Å². The predicted molar refractivity (Wildman–Crippen MR) is 115 cm³/mol. The van der Waals surface area contributed by atoms with Crippen LogP contribution >= 0.6 is 0 Å². The van der Waals surface area contributed by atoms with Gasteiger partial charge in [-0.2, -0.15) is 0 Å². The summed E-state index contributed by atoms with van der Waals surface area (Å²) < 4.78 is 15.7. The first-order valence-electron chi connectivity index (χ1n) is 10.0. The third-order valence-electron chi connectivity index (χ3n) is 5.13. The number of amides is 2. The van der Waals surface area contributed by atoms with E-state index in [1.165, 1.54) is 19.1 Å². The van der Waals surface area contributed by atoms with Gasteiger partial charge in [0, 0.05) is 24.7 Å². The molecule has 0 aromatic heterocycles. The van der Waals surface area contributed by atoms with Crippen LogP contribution in [0.3, 0.4) is 0 Å². The van der Waals surface area contributed by atoms with Gasteiger partial charge in [-0.15, -0.1) is 0 Å². The highest BCUT2D eigenvalue weighted by molar-refractivity contribution is 6.01. The largest absolute Gasteiger partial charge is 0.497 e. The average molecular weight is 426 g/mol. The van der Waals surface area contributed by atoms with Crippen LogP contribution in [0.2, 0.25) is 0 Å². The lowest BCUT2D eigenvalue weighted by Gasteiger charge is -2.20. The minimum Gasteiger partial charge on any atom is -0.497 e. The Morgan fingerprint density at radius 2 is 1.84 bits per heavy atom. The van der Waals surface area contributed by atoms with Crippen molar-refractivity contribution in [2.75, 3.05) is 37.6 Å². The van der Waals surface area contributed by atoms with Crippen molar-refractivity contribution in [3.63, 3.8) is 0 Å². The standard InChI is InChI=1S/C23H26N2O6/c1-4-15-5-7-17(8-6-15)24-21(26)14-31-23(28)16-11-22(27)25(13-16)19-10-9-18(29-2)12-20(19)30-3/h5-10,12,16H,4,11,13-14H2,1-3H3,(H,24,26)/t16-/m0/s1. The minimum atomic E-state index is -0.657. The number of carbonyl (C=O) groups excluding carboxylic acids is 3. The topological polar surface area (TPSA) is 94.2 Å². The van der Waals surface area contributed by atoms with E-state index in [9.17, 15) is 14.4 Å². The third kappa shape index (κ3) is 5.33. The van der Waals surface area contributed by atoms with Gasteiger partial charge in [-0.25, -0.2) is 0 Å². The molecular weight excluding hydrogens is 400 g/mol. The lowest BCUT2D eigenvalue weighted by Crippen LogP contribution is -2.28. The lowest BCUT2D eigenvalue weighted by molar-refractivity contribution is -0.151. The third-order valence-corrected chi connectivity index (χ3v) is 5.13. The zero-order valence-corrected chi connectivity index (χ0v) is 17.8. The Bertz CT molecular complexity index is 957. The van der Waals surface area contributed by atoms with Crippen molar-refractivity contribution in [3.8, 4) is 11.5 Å². The molecule has 1 aliphatic rings. The molecule has 1 atom stereocenters. The Morgan fingerprint density at radius 3 is 2.48 bits per heavy atom. The zero-order valence-electron chi connectivity index (χ0n) is 17.8. The summed E-state index contributed by atoms with van der Waals surface area (Å²) in [6.07, 6.45) is 0.916. The van der Waals surface area contributed by atoms with Gasteiger partial charge >= 0.3 is 5.97 Å². The number of esters is 1. The van der Waals surface area contributed by atoms with E-state index < -0.39 is 24.4 Å². The highest BCUT2D eigenvalue weighted by Crippen LogP contribution is 2.36. The number of methoxy groups -OCH3 is 2. The molecule has 0 bridgehead atoms. The fourth-order valence-corrected chi connectivity index (χ4v) is 3.38. The fourth-order valence-electron chi connectivity index (χ4n) is 3.38. The maximum absolute atomic E-state index is 12.5. The van der Waals surface area contributed by atoms with Gasteiger partial charge < -0.3 is 24.4 Å². The maximum atomic E-state index is 12.5. The van der Waals surface area contributed by atoms with Gasteiger partial charge in [-0.1, -0.05) is 19.1 Å². The number of anilines is 2. The summed E-state index contributed by atoms with van der Waals surface area (Å²) in [6, 6.07) is 12.5. The molecule has 164 valence electrons. The van der Waals surface area contributed by atoms with Crippen LogP contribution < -0.4 is 19.7 Å². The smallest absolute Gasteiger partial charge is 0.311 e. The molecule has 31 heavy (non-hydrogen) atoms. The molecule has 1 saturated heterocycles. The summed E-state index contributed by atoms with van der Waals surface area (Å²) in [5.74, 6) is -0.828. The molecule has 0 saturated carbocycles. The van der Waals surface area contributed by atoms with Crippen LogP contribution in [0, 0.1) is 5.92 Å². The van der Waals surface area contributed by atoms with Gasteiger partial charge in [0.05, 0.1) is 25.8 Å². The summed E-state index contributed by atoms with van der Waals surface area (Å²) in [6.45, 7) is 1.79. The molecule has 2 amide bonds. The zero-order chi connectivity index (χ0) is 22.4. The summed E-state index contributed by atoms with van der Waals surface area (Å²) in [5, 5.41) is 2.69. The molecule has 8 heteroatoms. The first-order valence-corrected chi connectivity index (χ1v) is 10.0. The predicted octanol–water partition coefficient (Wildman–Crippen LogP) is 2.80. The first-order chi connectivity index (χ1) is 14.9. The molecule has 0 radical (unpaired) electrons. The van der Waals surface area contributed by atoms with Crippen molar-refractivity contribution in [1.29, 1.82) is 0 Å². The summed E-state index contributed by atoms with van der Waals surface area (Å²) in [7, 11) is 3.04. The number of nitrogens with one attached hydrogen (secondary N) is 1. The highest BCUT2D eigenvalue weighted by Gasteiger charge is 2.37. The van der Waals surface area contributed by atoms with E-state index >= 15 is 0 Å². The van der Waals surface area contributed by atoms with Crippen LogP contribution in [0.15, 0.2) is 42.5 Å². The number of carbonyl (C=O) groups is 3. The van der Waals surface area contributed by atoms with E-state index in [-0.39, 0.29) is 18.9 Å². The fraction of sp³-hybridized carbons (Fsp3) is 0.348. The monoisotopic (exact) mass is 426 g/mol. The van der Waals surface area contributed by atoms with E-state index in [4.69, 9.17) is 14.2 Å². The Hall–Kier alpha value is -3.55. The van der Waals surface area contributed by atoms with Crippen molar-refractivity contribution >= 4 is 29.2 Å². The van der Waals surface area contributed by atoms with Crippen LogP contribution in [0.1, 0.15) is 18.9 Å². The molecular formula is C23H26N2O6. The second-order valence-electron chi connectivity index (χ2n) is 7.15. The van der Waals surface area contributed by atoms with Gasteiger partial charge in [-0.3, -0.25) is 14.4 Å². The average Bonchev–Trinajstić information content (AvgIpc) is 3.18. The van der Waals surface area contributed by atoms with Crippen LogP contribution in [0.4, 0.5) is 11.4 Å². The van der Waals surface area contributed by atoms with Crippen LogP contribution in [-0.4, -0.2) is 45.2 Å². The van der Waals surface area contributed by atoms with E-state index in [0.717, 1.165) is 12.0 Å². The molecule has 8 nitrogen and oxygen atoms in total. The Labute approximate surface area is 181 Å². The highest BCUT2D eigenvalue weighted by atomic mass is 16.5. The molecule has 1 N–H and O–H groups in total. The second-order valence-corrected chi connectivity index (χ2v) is 7.15. The van der Waals surface area contributed by atoms with Crippen molar-refractivity contribution in [2.24, 2.45) is 5.92 Å². The molecule has 1 heterocycles. The van der Waals surface area contributed by atoms with E-state index in [1.54, 1.807) is 30.3 Å². The Kier molecular flexibility index (Phi) is 7.12. The number of aryl methyl sites for hydroxylation is 1. The number of hydrogen-bond acceptors (Lipinski definition) is 6. The van der Waals surface area contributed by atoms with Crippen molar-refractivity contribution in [3.05, 3.63) is 48.0 Å². The number of benzene rings is 2. The Balaban J connectivity index is 1.56. The Morgan fingerprint density at radius 1 is 1.10 bits per heavy atom. The van der Waals surface area contributed by atoms with E-state index in [2.05, 4.69) is 5.32 Å². The number of rotatable bonds is 8.